The first-order valence-electron chi connectivity index (χ1n) is 9.87. The van der Waals surface area contributed by atoms with Crippen LogP contribution in [-0.2, 0) is 23.1 Å². The predicted molar refractivity (Wildman–Crippen MR) is 122 cm³/mol. The van der Waals surface area contributed by atoms with Crippen LogP contribution in [0.5, 0.6) is 5.75 Å². The monoisotopic (exact) mass is 494 g/mol. The van der Waals surface area contributed by atoms with Crippen molar-refractivity contribution in [2.24, 2.45) is 5.14 Å². The molecule has 0 fully saturated rings. The summed E-state index contributed by atoms with van der Waals surface area (Å²) in [5.41, 5.74) is 1.57. The van der Waals surface area contributed by atoms with E-state index in [9.17, 15) is 8.42 Å². The molecule has 3 aromatic rings. The highest BCUT2D eigenvalue weighted by atomic mass is 79.9. The molecule has 7 nitrogen and oxygen atoms in total. The van der Waals surface area contributed by atoms with Gasteiger partial charge in [0.15, 0.2) is 0 Å². The van der Waals surface area contributed by atoms with Crippen molar-refractivity contribution in [1.82, 2.24) is 14.5 Å². The Morgan fingerprint density at radius 1 is 1.20 bits per heavy atom. The molecule has 0 aliphatic carbocycles. The van der Waals surface area contributed by atoms with Crippen LogP contribution in [0, 0.1) is 0 Å². The molecule has 9 heteroatoms. The smallest absolute Gasteiger partial charge is 0.238 e. The summed E-state index contributed by atoms with van der Waals surface area (Å²) in [5.74, 6) is 1.73. The van der Waals surface area contributed by atoms with Crippen molar-refractivity contribution in [3.8, 4) is 5.75 Å². The molecule has 0 saturated heterocycles. The summed E-state index contributed by atoms with van der Waals surface area (Å²) in [6, 6.07) is 12.6. The van der Waals surface area contributed by atoms with E-state index in [1.807, 2.05) is 31.3 Å². The maximum atomic E-state index is 11.7. The first-order valence-corrected chi connectivity index (χ1v) is 12.2. The van der Waals surface area contributed by atoms with Crippen molar-refractivity contribution >= 4 is 37.0 Å². The van der Waals surface area contributed by atoms with Gasteiger partial charge in [0, 0.05) is 17.6 Å². The van der Waals surface area contributed by atoms with Gasteiger partial charge in [0.05, 0.1) is 22.5 Å². The fourth-order valence-corrected chi connectivity index (χ4v) is 3.99. The van der Waals surface area contributed by atoms with Crippen LogP contribution in [-0.4, -0.2) is 43.1 Å². The minimum Gasteiger partial charge on any atom is -0.492 e. The van der Waals surface area contributed by atoms with Crippen molar-refractivity contribution in [3.63, 3.8) is 0 Å². The van der Waals surface area contributed by atoms with Crippen molar-refractivity contribution < 1.29 is 13.2 Å². The van der Waals surface area contributed by atoms with E-state index >= 15 is 0 Å². The Balaban J connectivity index is 1.73. The lowest BCUT2D eigenvalue weighted by Gasteiger charge is -2.18. The highest BCUT2D eigenvalue weighted by Crippen LogP contribution is 2.22. The van der Waals surface area contributed by atoms with Crippen LogP contribution in [0.3, 0.4) is 0 Å². The number of ether oxygens (including phenoxy) is 1. The minimum absolute atomic E-state index is 0.0814. The molecule has 30 heavy (non-hydrogen) atoms. The van der Waals surface area contributed by atoms with Crippen molar-refractivity contribution in [2.45, 2.75) is 37.8 Å². The number of rotatable bonds is 10. The number of nitrogens with zero attached hydrogens (tertiary/aromatic N) is 3. The lowest BCUT2D eigenvalue weighted by Crippen LogP contribution is -2.25. The maximum absolute atomic E-state index is 11.7. The standard InChI is InChI=1S/C21H27BrN4O3S/c1-3-4-11-26-20-10-9-18(30(23,27)28)14-19(20)24-21(26)15-25(2)12-13-29-17-7-5-16(22)6-8-17/h5-10,14H,3-4,11-13,15H2,1-2H3,(H2,23,27,28). The summed E-state index contributed by atoms with van der Waals surface area (Å²) in [4.78, 5) is 6.93. The maximum Gasteiger partial charge on any atom is 0.238 e. The molecule has 1 aromatic heterocycles. The lowest BCUT2D eigenvalue weighted by atomic mass is 10.3. The van der Waals surface area contributed by atoms with Crippen LogP contribution in [0.25, 0.3) is 11.0 Å². The minimum atomic E-state index is -3.76. The van der Waals surface area contributed by atoms with Gasteiger partial charge >= 0.3 is 0 Å². The molecule has 0 aliphatic rings. The summed E-state index contributed by atoms with van der Waals surface area (Å²) >= 11 is 3.41. The van der Waals surface area contributed by atoms with E-state index in [1.165, 1.54) is 0 Å². The SMILES string of the molecule is CCCCn1c(CN(C)CCOc2ccc(Br)cc2)nc2cc(S(N)(=O)=O)ccc21. The molecule has 0 atom stereocenters. The molecule has 2 N–H and O–H groups in total. The Kier molecular flexibility index (Phi) is 7.51. The zero-order chi connectivity index (χ0) is 21.7. The number of imidazole rings is 1. The molecule has 162 valence electrons. The third kappa shape index (κ3) is 5.81. The molecular formula is C21H27BrN4O3S. The molecule has 1 heterocycles. The molecule has 0 bridgehead atoms. The van der Waals surface area contributed by atoms with Crippen LogP contribution >= 0.6 is 15.9 Å². The number of nitrogens with two attached hydrogens (primary N) is 1. The van der Waals surface area contributed by atoms with Gasteiger partial charge in [-0.15, -0.1) is 0 Å². The van der Waals surface area contributed by atoms with Crippen molar-refractivity contribution in [2.75, 3.05) is 20.2 Å². The summed E-state index contributed by atoms with van der Waals surface area (Å²) in [6.07, 6.45) is 2.08. The molecule has 3 rings (SSSR count). The van der Waals surface area contributed by atoms with Gasteiger partial charge in [-0.25, -0.2) is 18.5 Å². The highest BCUT2D eigenvalue weighted by Gasteiger charge is 2.16. The summed E-state index contributed by atoms with van der Waals surface area (Å²) in [6.45, 7) is 4.90. The topological polar surface area (TPSA) is 90.4 Å². The number of primary sulfonamides is 1. The van der Waals surface area contributed by atoms with Gasteiger partial charge in [0.25, 0.3) is 0 Å². The third-order valence-electron chi connectivity index (χ3n) is 4.83. The van der Waals surface area contributed by atoms with E-state index in [0.29, 0.717) is 18.7 Å². The predicted octanol–water partition coefficient (Wildman–Crippen LogP) is 3.76. The Bertz CT molecular complexity index is 1100. The van der Waals surface area contributed by atoms with Crippen LogP contribution in [0.4, 0.5) is 0 Å². The summed E-state index contributed by atoms with van der Waals surface area (Å²) in [5, 5.41) is 5.28. The van der Waals surface area contributed by atoms with Gasteiger partial charge in [-0.2, -0.15) is 0 Å². The van der Waals surface area contributed by atoms with E-state index in [1.54, 1.807) is 18.2 Å². The fraction of sp³-hybridized carbons (Fsp3) is 0.381. The van der Waals surface area contributed by atoms with Gasteiger partial charge in [-0.1, -0.05) is 29.3 Å². The second-order valence-electron chi connectivity index (χ2n) is 7.27. The van der Waals surface area contributed by atoms with Gasteiger partial charge in [-0.05, 0) is 55.9 Å². The van der Waals surface area contributed by atoms with E-state index in [4.69, 9.17) is 14.9 Å². The quantitative estimate of drug-likeness (QED) is 0.463. The summed E-state index contributed by atoms with van der Waals surface area (Å²) in [7, 11) is -1.74. The molecule has 0 amide bonds. The molecule has 0 radical (unpaired) electrons. The number of aromatic nitrogens is 2. The molecule has 2 aromatic carbocycles. The third-order valence-corrected chi connectivity index (χ3v) is 6.27. The zero-order valence-electron chi connectivity index (χ0n) is 17.2. The lowest BCUT2D eigenvalue weighted by molar-refractivity contribution is 0.228. The first kappa shape index (κ1) is 22.7. The summed E-state index contributed by atoms with van der Waals surface area (Å²) < 4.78 is 32.4. The largest absolute Gasteiger partial charge is 0.492 e. The van der Waals surface area contributed by atoms with Crippen LogP contribution < -0.4 is 9.88 Å². The molecule has 0 spiro atoms. The average Bonchev–Trinajstić information content (AvgIpc) is 3.03. The molecule has 0 unspecified atom stereocenters. The number of unbranched alkanes of at least 4 members (excludes halogenated alkanes) is 1. The normalized spacial score (nSPS) is 12.0. The van der Waals surface area contributed by atoms with E-state index < -0.39 is 10.0 Å². The molecular weight excluding hydrogens is 468 g/mol. The number of halogens is 1. The van der Waals surface area contributed by atoms with Gasteiger partial charge in [-0.3, -0.25) is 4.90 Å². The number of sulfonamides is 1. The molecule has 0 saturated carbocycles. The Labute approximate surface area is 186 Å². The number of likely N-dealkylation sites (N-methyl/N-ethyl adjacent to an activating group) is 1. The number of hydrogen-bond donors (Lipinski definition) is 1. The Morgan fingerprint density at radius 3 is 2.60 bits per heavy atom. The van der Waals surface area contributed by atoms with E-state index in [2.05, 4.69) is 32.3 Å². The van der Waals surface area contributed by atoms with Gasteiger partial charge < -0.3 is 9.30 Å². The number of benzene rings is 2. The van der Waals surface area contributed by atoms with Gasteiger partial charge in [0.1, 0.15) is 18.2 Å². The van der Waals surface area contributed by atoms with Crippen molar-refractivity contribution in [3.05, 3.63) is 52.8 Å². The first-order chi connectivity index (χ1) is 14.3. The second kappa shape index (κ2) is 9.91. The fourth-order valence-electron chi connectivity index (χ4n) is 3.19. The van der Waals surface area contributed by atoms with Crippen molar-refractivity contribution in [1.29, 1.82) is 0 Å². The number of aryl methyl sites for hydroxylation is 1. The van der Waals surface area contributed by atoms with E-state index in [0.717, 1.165) is 47.5 Å². The van der Waals surface area contributed by atoms with Crippen LogP contribution in [0.2, 0.25) is 0 Å². The van der Waals surface area contributed by atoms with Crippen LogP contribution in [0.1, 0.15) is 25.6 Å². The van der Waals surface area contributed by atoms with Crippen LogP contribution in [0.15, 0.2) is 51.8 Å². The Hall–Kier alpha value is -1.94. The zero-order valence-corrected chi connectivity index (χ0v) is 19.6. The number of fused-ring (bicyclic) bond motifs is 1. The van der Waals surface area contributed by atoms with Gasteiger partial charge in [0.2, 0.25) is 10.0 Å². The number of hydrogen-bond acceptors (Lipinski definition) is 5. The highest BCUT2D eigenvalue weighted by molar-refractivity contribution is 9.10. The second-order valence-corrected chi connectivity index (χ2v) is 9.75. The Morgan fingerprint density at radius 2 is 1.93 bits per heavy atom. The molecule has 0 aliphatic heterocycles. The van der Waals surface area contributed by atoms with E-state index in [-0.39, 0.29) is 4.90 Å². The average molecular weight is 495 g/mol.